The number of rotatable bonds is 3. The van der Waals surface area contributed by atoms with Crippen molar-refractivity contribution in [1.82, 2.24) is 10.2 Å². The fraction of sp³-hybridized carbons (Fsp3) is 0.692. The zero-order valence-electron chi connectivity index (χ0n) is 19.9. The fourth-order valence-electron chi connectivity index (χ4n) is 5.02. The molecule has 0 radical (unpaired) electrons. The number of carbonyl (C=O) groups excluding carboxylic acids is 1. The van der Waals surface area contributed by atoms with Crippen LogP contribution in [0.25, 0.3) is 0 Å². The predicted molar refractivity (Wildman–Crippen MR) is 125 cm³/mol. The molecule has 4 rings (SSSR count). The normalized spacial score (nSPS) is 22.0. The highest BCUT2D eigenvalue weighted by Crippen LogP contribution is 2.34. The number of nitrogens with one attached hydrogen (secondary N) is 1. The van der Waals surface area contributed by atoms with Gasteiger partial charge in [-0.05, 0) is 57.6 Å². The molecule has 178 valence electrons. The molecule has 2 fully saturated rings. The minimum absolute atomic E-state index is 0.266. The first-order valence-corrected chi connectivity index (χ1v) is 12.3. The molecule has 2 N–H and O–H groups in total. The highest BCUT2D eigenvalue weighted by molar-refractivity contribution is 5.83. The molecule has 1 atom stereocenters. The van der Waals surface area contributed by atoms with E-state index in [1.807, 2.05) is 12.1 Å². The first kappa shape index (κ1) is 24.6. The molecule has 1 heterocycles. The van der Waals surface area contributed by atoms with Crippen LogP contribution in [0.5, 0.6) is 0 Å². The fourth-order valence-corrected chi connectivity index (χ4v) is 5.02. The number of hydrogen-bond acceptors (Lipinski definition) is 4. The maximum atomic E-state index is 12.1. The highest BCUT2D eigenvalue weighted by atomic mass is 16.6. The van der Waals surface area contributed by atoms with Gasteiger partial charge in [-0.1, -0.05) is 62.8 Å². The number of nitrogens with zero attached hydrogens (tertiary/aromatic N) is 1. The average molecular weight is 445 g/mol. The highest BCUT2D eigenvalue weighted by Gasteiger charge is 2.40. The van der Waals surface area contributed by atoms with Gasteiger partial charge < -0.3 is 15.2 Å². The minimum Gasteiger partial charge on any atom is -0.479 e. The molecule has 3 aliphatic rings. The Kier molecular flexibility index (Phi) is 8.57. The van der Waals surface area contributed by atoms with E-state index in [9.17, 15) is 14.7 Å². The van der Waals surface area contributed by atoms with Crippen LogP contribution >= 0.6 is 0 Å². The Hall–Kier alpha value is -2.08. The van der Waals surface area contributed by atoms with Crippen LogP contribution in [-0.2, 0) is 16.1 Å². The summed E-state index contributed by atoms with van der Waals surface area (Å²) in [6, 6.07) is 7.94. The van der Waals surface area contributed by atoms with Gasteiger partial charge in [-0.2, -0.15) is 0 Å². The third-order valence-electron chi connectivity index (χ3n) is 6.55. The van der Waals surface area contributed by atoms with Crippen molar-refractivity contribution in [2.24, 2.45) is 0 Å². The van der Waals surface area contributed by atoms with E-state index in [1.165, 1.54) is 69.1 Å². The number of fused-ring (bicyclic) bond motifs is 1. The standard InChI is InChI=1S/C14H17NO4.C12H23N/c1-14(2,3)19-13(18)15-8-9-6-4-5-7-10(9)11(15)12(16)17;1-3-7-11(8-4-1)13-12-9-5-2-6-10-12/h4-7,11H,8H2,1-3H3,(H,16,17);11-13H,1-10H2/t11-;/m0./s1. The van der Waals surface area contributed by atoms with Crippen LogP contribution in [-0.4, -0.2) is 39.8 Å². The van der Waals surface area contributed by atoms with E-state index in [-0.39, 0.29) is 6.54 Å². The van der Waals surface area contributed by atoms with Crippen molar-refractivity contribution < 1.29 is 19.4 Å². The summed E-state index contributed by atoms with van der Waals surface area (Å²) < 4.78 is 5.26. The quantitative estimate of drug-likeness (QED) is 0.615. The van der Waals surface area contributed by atoms with Crippen LogP contribution in [0.1, 0.15) is 102 Å². The Morgan fingerprint density at radius 3 is 1.97 bits per heavy atom. The summed E-state index contributed by atoms with van der Waals surface area (Å²) >= 11 is 0. The molecule has 0 spiro atoms. The number of carboxylic acid groups (broad SMARTS) is 1. The summed E-state index contributed by atoms with van der Waals surface area (Å²) in [7, 11) is 0. The van der Waals surface area contributed by atoms with E-state index in [0.717, 1.165) is 17.6 Å². The van der Waals surface area contributed by atoms with Crippen LogP contribution in [0.3, 0.4) is 0 Å². The number of aliphatic carboxylic acids is 1. The Labute approximate surface area is 192 Å². The number of ether oxygens (including phenoxy) is 1. The summed E-state index contributed by atoms with van der Waals surface area (Å²) in [5.41, 5.74) is 0.858. The van der Waals surface area contributed by atoms with Gasteiger partial charge in [0.25, 0.3) is 0 Å². The number of carbonyl (C=O) groups is 2. The van der Waals surface area contributed by atoms with E-state index in [4.69, 9.17) is 4.74 Å². The predicted octanol–water partition coefficient (Wildman–Crippen LogP) is 5.80. The van der Waals surface area contributed by atoms with Gasteiger partial charge in [-0.3, -0.25) is 4.90 Å². The molecule has 2 aliphatic carbocycles. The van der Waals surface area contributed by atoms with Gasteiger partial charge in [0, 0.05) is 12.1 Å². The van der Waals surface area contributed by atoms with E-state index >= 15 is 0 Å². The van der Waals surface area contributed by atoms with Crippen molar-refractivity contribution in [2.45, 2.75) is 115 Å². The second-order valence-corrected chi connectivity index (χ2v) is 10.4. The van der Waals surface area contributed by atoms with E-state index < -0.39 is 23.7 Å². The van der Waals surface area contributed by atoms with Crippen LogP contribution in [0.4, 0.5) is 4.79 Å². The zero-order valence-corrected chi connectivity index (χ0v) is 19.9. The van der Waals surface area contributed by atoms with Gasteiger partial charge in [0.1, 0.15) is 5.60 Å². The molecule has 6 nitrogen and oxygen atoms in total. The lowest BCUT2D eigenvalue weighted by Gasteiger charge is -2.30. The number of benzene rings is 1. The molecule has 1 aliphatic heterocycles. The molecule has 0 saturated heterocycles. The van der Waals surface area contributed by atoms with E-state index in [0.29, 0.717) is 5.56 Å². The molecular formula is C26H40N2O4. The Morgan fingerprint density at radius 1 is 0.938 bits per heavy atom. The Balaban J connectivity index is 0.000000193. The number of carboxylic acids is 1. The van der Waals surface area contributed by atoms with E-state index in [2.05, 4.69) is 5.32 Å². The maximum absolute atomic E-state index is 12.1. The van der Waals surface area contributed by atoms with Gasteiger partial charge in [0.2, 0.25) is 0 Å². The molecule has 0 unspecified atom stereocenters. The first-order chi connectivity index (χ1) is 15.2. The molecule has 0 aromatic heterocycles. The van der Waals surface area contributed by atoms with Gasteiger partial charge in [0.15, 0.2) is 6.04 Å². The lowest BCUT2D eigenvalue weighted by Crippen LogP contribution is -2.40. The summed E-state index contributed by atoms with van der Waals surface area (Å²) in [4.78, 5) is 24.7. The van der Waals surface area contributed by atoms with Crippen LogP contribution in [0.15, 0.2) is 24.3 Å². The van der Waals surface area contributed by atoms with Gasteiger partial charge >= 0.3 is 12.1 Å². The van der Waals surface area contributed by atoms with Crippen LogP contribution in [0, 0.1) is 0 Å². The molecule has 2 saturated carbocycles. The van der Waals surface area contributed by atoms with Crippen molar-refractivity contribution in [3.63, 3.8) is 0 Å². The molecule has 6 heteroatoms. The topological polar surface area (TPSA) is 78.9 Å². The second kappa shape index (κ2) is 11.2. The third-order valence-corrected chi connectivity index (χ3v) is 6.55. The van der Waals surface area contributed by atoms with Crippen molar-refractivity contribution in [3.05, 3.63) is 35.4 Å². The summed E-state index contributed by atoms with van der Waals surface area (Å²) in [5, 5.41) is 13.2. The molecule has 1 aromatic rings. The second-order valence-electron chi connectivity index (χ2n) is 10.4. The van der Waals surface area contributed by atoms with Gasteiger partial charge in [-0.15, -0.1) is 0 Å². The van der Waals surface area contributed by atoms with Crippen LogP contribution in [0.2, 0.25) is 0 Å². The molecule has 1 aromatic carbocycles. The number of amides is 1. The minimum atomic E-state index is -1.05. The third kappa shape index (κ3) is 6.96. The molecule has 1 amide bonds. The maximum Gasteiger partial charge on any atom is 0.411 e. The van der Waals surface area contributed by atoms with E-state index in [1.54, 1.807) is 32.9 Å². The molecule has 32 heavy (non-hydrogen) atoms. The zero-order chi connectivity index (χ0) is 23.1. The van der Waals surface area contributed by atoms with Gasteiger partial charge in [-0.25, -0.2) is 9.59 Å². The van der Waals surface area contributed by atoms with Crippen LogP contribution < -0.4 is 5.32 Å². The monoisotopic (exact) mass is 444 g/mol. The Morgan fingerprint density at radius 2 is 1.47 bits per heavy atom. The molecular weight excluding hydrogens is 404 g/mol. The Bertz CT molecular complexity index is 745. The SMILES string of the molecule is C1CCC(NC2CCCCC2)CC1.CC(C)(C)OC(=O)N1Cc2ccccc2[C@H]1C(=O)O. The lowest BCUT2D eigenvalue weighted by molar-refractivity contribution is -0.143. The van der Waals surface area contributed by atoms with Crippen molar-refractivity contribution >= 4 is 12.1 Å². The smallest absolute Gasteiger partial charge is 0.411 e. The van der Waals surface area contributed by atoms with Gasteiger partial charge in [0.05, 0.1) is 6.54 Å². The lowest BCUT2D eigenvalue weighted by atomic mass is 9.91. The van der Waals surface area contributed by atoms with Crippen molar-refractivity contribution in [3.8, 4) is 0 Å². The summed E-state index contributed by atoms with van der Waals surface area (Å²) in [6.07, 6.45) is 14.0. The first-order valence-electron chi connectivity index (χ1n) is 12.3. The van der Waals surface area contributed by atoms with Crippen molar-refractivity contribution in [2.75, 3.05) is 0 Å². The average Bonchev–Trinajstić information content (AvgIpc) is 3.15. The molecule has 0 bridgehead atoms. The summed E-state index contributed by atoms with van der Waals surface area (Å²) in [6.45, 7) is 5.53. The largest absolute Gasteiger partial charge is 0.479 e. The van der Waals surface area contributed by atoms with Crippen molar-refractivity contribution in [1.29, 1.82) is 0 Å². The number of hydrogen-bond donors (Lipinski definition) is 2. The summed E-state index contributed by atoms with van der Waals surface area (Å²) in [5.74, 6) is -1.05.